The largest absolute Gasteiger partial charge is 0.378 e. The molecule has 1 saturated heterocycles. The fourth-order valence-corrected chi connectivity index (χ4v) is 3.58. The second-order valence-electron chi connectivity index (χ2n) is 7.36. The molecule has 0 radical (unpaired) electrons. The summed E-state index contributed by atoms with van der Waals surface area (Å²) < 4.78 is 7.66. The molecule has 1 fully saturated rings. The first-order chi connectivity index (χ1) is 11.3. The van der Waals surface area contributed by atoms with Crippen LogP contribution in [0.1, 0.15) is 44.1 Å². The van der Waals surface area contributed by atoms with Crippen LogP contribution < -0.4 is 10.6 Å². The molecule has 24 heavy (non-hydrogen) atoms. The van der Waals surface area contributed by atoms with Crippen molar-refractivity contribution < 1.29 is 9.53 Å². The maximum absolute atomic E-state index is 12.2. The van der Waals surface area contributed by atoms with Crippen LogP contribution in [0.15, 0.2) is 0 Å². The first kappa shape index (κ1) is 18.8. The summed E-state index contributed by atoms with van der Waals surface area (Å²) in [4.78, 5) is 12.2. The van der Waals surface area contributed by atoms with E-state index in [1.807, 2.05) is 25.6 Å². The molecule has 2 amide bonds. The topological polar surface area (TPSA) is 68.2 Å². The minimum Gasteiger partial charge on any atom is -0.378 e. The molecule has 3 atom stereocenters. The van der Waals surface area contributed by atoms with Crippen LogP contribution in [0.5, 0.6) is 0 Å². The summed E-state index contributed by atoms with van der Waals surface area (Å²) in [6.07, 6.45) is 2.07. The molecule has 0 saturated carbocycles. The molecule has 0 spiro atoms. The summed E-state index contributed by atoms with van der Waals surface area (Å²) in [6.45, 7) is 11.9. The second-order valence-corrected chi connectivity index (χ2v) is 7.36. The molecule has 0 bridgehead atoms. The molecule has 2 heterocycles. The number of nitrogens with one attached hydrogen (secondary N) is 2. The van der Waals surface area contributed by atoms with Gasteiger partial charge in [0.1, 0.15) is 0 Å². The highest BCUT2D eigenvalue weighted by atomic mass is 16.5. The van der Waals surface area contributed by atoms with Crippen molar-refractivity contribution in [3.05, 3.63) is 17.0 Å². The summed E-state index contributed by atoms with van der Waals surface area (Å²) in [7, 11) is 1.95. The monoisotopic (exact) mass is 336 g/mol. The van der Waals surface area contributed by atoms with Crippen LogP contribution in [-0.4, -0.2) is 41.1 Å². The van der Waals surface area contributed by atoms with E-state index in [9.17, 15) is 4.79 Å². The predicted molar refractivity (Wildman–Crippen MR) is 95.1 cm³/mol. The van der Waals surface area contributed by atoms with Gasteiger partial charge in [0.2, 0.25) is 0 Å². The average Bonchev–Trinajstić information content (AvgIpc) is 3.06. The summed E-state index contributed by atoms with van der Waals surface area (Å²) >= 11 is 0. The smallest absolute Gasteiger partial charge is 0.315 e. The van der Waals surface area contributed by atoms with Gasteiger partial charge in [0.05, 0.1) is 11.8 Å². The first-order valence-electron chi connectivity index (χ1n) is 8.94. The van der Waals surface area contributed by atoms with Crippen molar-refractivity contribution in [1.82, 2.24) is 20.4 Å². The standard InChI is InChI=1S/C18H32N4O2/c1-11(2)17-15(7-8-24-17)10-19-18(23)20-12(3)9-16-13(4)21-22(6)14(16)5/h11-12,15,17H,7-10H2,1-6H3,(H2,19,20,23)/t12-,15+,17-/m0/s1. The van der Waals surface area contributed by atoms with Crippen LogP contribution in [0.3, 0.4) is 0 Å². The number of ether oxygens (including phenoxy) is 1. The number of amides is 2. The molecule has 2 rings (SSSR count). The van der Waals surface area contributed by atoms with Gasteiger partial charge in [0.15, 0.2) is 0 Å². The Bertz CT molecular complexity index is 568. The summed E-state index contributed by atoms with van der Waals surface area (Å²) in [5.41, 5.74) is 3.41. The van der Waals surface area contributed by atoms with E-state index < -0.39 is 0 Å². The third-order valence-electron chi connectivity index (χ3n) is 4.99. The molecule has 2 N–H and O–H groups in total. The third-order valence-corrected chi connectivity index (χ3v) is 4.99. The van der Waals surface area contributed by atoms with E-state index in [0.29, 0.717) is 18.4 Å². The number of rotatable bonds is 6. The Balaban J connectivity index is 1.79. The van der Waals surface area contributed by atoms with E-state index in [1.54, 1.807) is 0 Å². The molecular weight excluding hydrogens is 304 g/mol. The minimum absolute atomic E-state index is 0.0623. The number of hydrogen-bond donors (Lipinski definition) is 2. The van der Waals surface area contributed by atoms with Gasteiger partial charge >= 0.3 is 6.03 Å². The molecule has 6 nitrogen and oxygen atoms in total. The molecule has 0 aliphatic carbocycles. The quantitative estimate of drug-likeness (QED) is 0.838. The molecular formula is C18H32N4O2. The average molecular weight is 336 g/mol. The Morgan fingerprint density at radius 3 is 2.67 bits per heavy atom. The van der Waals surface area contributed by atoms with E-state index in [0.717, 1.165) is 30.8 Å². The van der Waals surface area contributed by atoms with Crippen molar-refractivity contribution in [3.8, 4) is 0 Å². The van der Waals surface area contributed by atoms with Crippen molar-refractivity contribution in [2.75, 3.05) is 13.2 Å². The second kappa shape index (κ2) is 8.01. The SMILES string of the molecule is Cc1nn(C)c(C)c1C[C@H](C)NC(=O)NC[C@H]1CCO[C@H]1C(C)C. The Hall–Kier alpha value is -1.56. The normalized spacial score (nSPS) is 22.0. The highest BCUT2D eigenvalue weighted by Gasteiger charge is 2.30. The number of aryl methyl sites for hydroxylation is 2. The van der Waals surface area contributed by atoms with E-state index in [1.165, 1.54) is 5.56 Å². The lowest BCUT2D eigenvalue weighted by Crippen LogP contribution is -2.44. The maximum atomic E-state index is 12.2. The summed E-state index contributed by atoms with van der Waals surface area (Å²) in [5, 5.41) is 10.5. The number of urea groups is 1. The first-order valence-corrected chi connectivity index (χ1v) is 8.94. The van der Waals surface area contributed by atoms with Crippen LogP contribution in [0.4, 0.5) is 4.79 Å². The predicted octanol–water partition coefficient (Wildman–Crippen LogP) is 2.33. The Morgan fingerprint density at radius 2 is 2.08 bits per heavy atom. The van der Waals surface area contributed by atoms with Crippen LogP contribution in [0.2, 0.25) is 0 Å². The van der Waals surface area contributed by atoms with Crippen LogP contribution in [0, 0.1) is 25.7 Å². The molecule has 1 aliphatic rings. The minimum atomic E-state index is -0.101. The summed E-state index contributed by atoms with van der Waals surface area (Å²) in [5.74, 6) is 0.895. The van der Waals surface area contributed by atoms with Crippen molar-refractivity contribution in [2.24, 2.45) is 18.9 Å². The molecule has 0 unspecified atom stereocenters. The van der Waals surface area contributed by atoms with Crippen LogP contribution in [-0.2, 0) is 18.2 Å². The molecule has 136 valence electrons. The maximum Gasteiger partial charge on any atom is 0.315 e. The van der Waals surface area contributed by atoms with Gasteiger partial charge in [-0.1, -0.05) is 13.8 Å². The van der Waals surface area contributed by atoms with Gasteiger partial charge in [-0.25, -0.2) is 4.79 Å². The molecule has 0 aromatic carbocycles. The fraction of sp³-hybridized carbons (Fsp3) is 0.778. The van der Waals surface area contributed by atoms with Crippen LogP contribution >= 0.6 is 0 Å². The number of aromatic nitrogens is 2. The lowest BCUT2D eigenvalue weighted by Gasteiger charge is -2.23. The van der Waals surface area contributed by atoms with Gasteiger partial charge < -0.3 is 15.4 Å². The molecule has 1 aromatic heterocycles. The zero-order valence-corrected chi connectivity index (χ0v) is 15.8. The van der Waals surface area contributed by atoms with Crippen LogP contribution in [0.25, 0.3) is 0 Å². The van der Waals surface area contributed by atoms with Crippen molar-refractivity contribution in [2.45, 2.75) is 59.6 Å². The lowest BCUT2D eigenvalue weighted by molar-refractivity contribution is 0.0545. The Labute approximate surface area is 145 Å². The number of carbonyl (C=O) groups excluding carboxylic acids is 1. The van der Waals surface area contributed by atoms with Gasteiger partial charge in [-0.15, -0.1) is 0 Å². The van der Waals surface area contributed by atoms with Gasteiger partial charge in [0.25, 0.3) is 0 Å². The molecule has 6 heteroatoms. The van der Waals surface area contributed by atoms with E-state index in [2.05, 4.69) is 36.5 Å². The van der Waals surface area contributed by atoms with Crippen molar-refractivity contribution in [3.63, 3.8) is 0 Å². The van der Waals surface area contributed by atoms with Crippen molar-refractivity contribution >= 4 is 6.03 Å². The number of carbonyl (C=O) groups is 1. The van der Waals surface area contributed by atoms with E-state index in [-0.39, 0.29) is 18.2 Å². The molecule has 1 aliphatic heterocycles. The number of nitrogens with zero attached hydrogens (tertiary/aromatic N) is 2. The fourth-order valence-electron chi connectivity index (χ4n) is 3.58. The van der Waals surface area contributed by atoms with Gasteiger partial charge in [-0.2, -0.15) is 5.10 Å². The highest BCUT2D eigenvalue weighted by Crippen LogP contribution is 2.26. The Kier molecular flexibility index (Phi) is 6.27. The van der Waals surface area contributed by atoms with E-state index in [4.69, 9.17) is 4.74 Å². The molecule has 1 aromatic rings. The number of hydrogen-bond acceptors (Lipinski definition) is 3. The third kappa shape index (κ3) is 4.50. The van der Waals surface area contributed by atoms with Gasteiger partial charge in [-0.3, -0.25) is 4.68 Å². The van der Waals surface area contributed by atoms with Gasteiger partial charge in [-0.05, 0) is 45.1 Å². The van der Waals surface area contributed by atoms with Gasteiger partial charge in [0, 0.05) is 37.9 Å². The Morgan fingerprint density at radius 1 is 1.38 bits per heavy atom. The summed E-state index contributed by atoms with van der Waals surface area (Å²) in [6, 6.07) is -0.0385. The lowest BCUT2D eigenvalue weighted by atomic mass is 9.93. The zero-order valence-electron chi connectivity index (χ0n) is 15.8. The zero-order chi connectivity index (χ0) is 17.9. The van der Waals surface area contributed by atoms with Crippen molar-refractivity contribution in [1.29, 1.82) is 0 Å². The van der Waals surface area contributed by atoms with E-state index >= 15 is 0 Å². The highest BCUT2D eigenvalue weighted by molar-refractivity contribution is 5.74.